The van der Waals surface area contributed by atoms with Gasteiger partial charge in [0.2, 0.25) is 11.8 Å². The van der Waals surface area contributed by atoms with E-state index in [0.29, 0.717) is 5.69 Å². The molecule has 0 atom stereocenters. The Morgan fingerprint density at radius 3 is 2.15 bits per heavy atom. The molecule has 0 aromatic heterocycles. The number of carbonyl (C=O) groups is 2. The van der Waals surface area contributed by atoms with Crippen LogP contribution in [0.1, 0.15) is 6.42 Å². The number of benzene rings is 2. The molecule has 2 amide bonds. The monoisotopic (exact) mass is 414 g/mol. The summed E-state index contributed by atoms with van der Waals surface area (Å²) in [7, 11) is -4.01. The fraction of sp³-hybridized carbons (Fsp3) is 0.0667. The maximum absolute atomic E-state index is 12.6. The number of fused-ring (bicyclic) bond motifs is 1. The minimum atomic E-state index is -4.01. The van der Waals surface area contributed by atoms with E-state index < -0.39 is 21.8 Å². The highest BCUT2D eigenvalue weighted by Crippen LogP contribution is 2.33. The van der Waals surface area contributed by atoms with Crippen LogP contribution in [0.2, 0.25) is 10.0 Å². The Bertz CT molecular complexity index is 1020. The number of sulfonamides is 1. The molecule has 0 bridgehead atoms. The third-order valence-corrected chi connectivity index (χ3v) is 5.51. The van der Waals surface area contributed by atoms with E-state index in [4.69, 9.17) is 28.9 Å². The molecule has 0 unspecified atom stereocenters. The quantitative estimate of drug-likeness (QED) is 0.452. The second kappa shape index (κ2) is 6.67. The SMILES string of the molecule is Nc1c(Cl)cc(NS(=O)(=O)c2ccc3c(c2)NC(=O)CC(=O)N3)cc1Cl. The van der Waals surface area contributed by atoms with Crippen molar-refractivity contribution in [3.8, 4) is 0 Å². The number of nitrogens with one attached hydrogen (secondary N) is 3. The van der Waals surface area contributed by atoms with Gasteiger partial charge >= 0.3 is 0 Å². The second-order valence-electron chi connectivity index (χ2n) is 5.44. The van der Waals surface area contributed by atoms with Gasteiger partial charge in [-0.05, 0) is 30.3 Å². The molecule has 3 rings (SSSR count). The molecule has 0 radical (unpaired) electrons. The van der Waals surface area contributed by atoms with Gasteiger partial charge in [-0.25, -0.2) is 8.42 Å². The van der Waals surface area contributed by atoms with Crippen LogP contribution in [-0.4, -0.2) is 20.2 Å². The van der Waals surface area contributed by atoms with Gasteiger partial charge < -0.3 is 16.4 Å². The molecule has 8 nitrogen and oxygen atoms in total. The van der Waals surface area contributed by atoms with Crippen molar-refractivity contribution in [2.24, 2.45) is 0 Å². The first kappa shape index (κ1) is 18.3. The van der Waals surface area contributed by atoms with Crippen molar-refractivity contribution in [3.05, 3.63) is 40.4 Å². The van der Waals surface area contributed by atoms with Crippen molar-refractivity contribution >= 4 is 67.8 Å². The minimum absolute atomic E-state index is 0.104. The molecule has 11 heteroatoms. The Morgan fingerprint density at radius 1 is 0.962 bits per heavy atom. The van der Waals surface area contributed by atoms with Crippen LogP contribution in [0, 0.1) is 0 Å². The molecular formula is C15H12Cl2N4O4S. The molecule has 0 aliphatic carbocycles. The largest absolute Gasteiger partial charge is 0.396 e. The number of hydrogen-bond donors (Lipinski definition) is 4. The van der Waals surface area contributed by atoms with E-state index in [1.54, 1.807) is 0 Å². The third-order valence-electron chi connectivity index (χ3n) is 3.50. The molecule has 2 aromatic carbocycles. The van der Waals surface area contributed by atoms with Crippen LogP contribution in [0.4, 0.5) is 22.7 Å². The number of nitrogen functional groups attached to an aromatic ring is 1. The van der Waals surface area contributed by atoms with Crippen LogP contribution in [0.5, 0.6) is 0 Å². The summed E-state index contributed by atoms with van der Waals surface area (Å²) < 4.78 is 27.5. The zero-order valence-corrected chi connectivity index (χ0v) is 15.3. The van der Waals surface area contributed by atoms with E-state index >= 15 is 0 Å². The average molecular weight is 415 g/mol. The molecule has 0 saturated carbocycles. The highest BCUT2D eigenvalue weighted by molar-refractivity contribution is 7.92. The van der Waals surface area contributed by atoms with Crippen LogP contribution in [0.15, 0.2) is 35.2 Å². The molecule has 2 aromatic rings. The number of carbonyl (C=O) groups excluding carboxylic acids is 2. The van der Waals surface area contributed by atoms with E-state index in [-0.39, 0.29) is 38.4 Å². The first-order valence-corrected chi connectivity index (χ1v) is 9.41. The predicted molar refractivity (Wildman–Crippen MR) is 100 cm³/mol. The standard InChI is InChI=1S/C15H12Cl2N4O4S/c16-9-3-7(4-10(17)15(9)18)21-26(24,25)8-1-2-11-12(5-8)20-14(23)6-13(22)19-11/h1-5,21H,6,18H2,(H,19,22)(H,20,23). The molecule has 0 saturated heterocycles. The van der Waals surface area contributed by atoms with Crippen molar-refractivity contribution < 1.29 is 18.0 Å². The van der Waals surface area contributed by atoms with Gasteiger partial charge in [0.15, 0.2) is 0 Å². The lowest BCUT2D eigenvalue weighted by molar-refractivity contribution is -0.123. The summed E-state index contributed by atoms with van der Waals surface area (Å²) in [5, 5.41) is 5.21. The first-order valence-electron chi connectivity index (χ1n) is 7.17. The number of anilines is 4. The lowest BCUT2D eigenvalue weighted by Crippen LogP contribution is -2.16. The lowest BCUT2D eigenvalue weighted by Gasteiger charge is -2.13. The number of halogens is 2. The summed E-state index contributed by atoms with van der Waals surface area (Å²) in [5.41, 5.74) is 6.37. The number of hydrogen-bond acceptors (Lipinski definition) is 5. The fourth-order valence-corrected chi connectivity index (χ4v) is 3.85. The molecule has 136 valence electrons. The number of nitrogens with two attached hydrogens (primary N) is 1. The van der Waals surface area contributed by atoms with Crippen molar-refractivity contribution in [2.45, 2.75) is 11.3 Å². The maximum Gasteiger partial charge on any atom is 0.261 e. The van der Waals surface area contributed by atoms with Gasteiger partial charge in [0.25, 0.3) is 10.0 Å². The zero-order chi connectivity index (χ0) is 19.1. The number of amides is 2. The van der Waals surface area contributed by atoms with Gasteiger partial charge in [0, 0.05) is 0 Å². The van der Waals surface area contributed by atoms with E-state index in [9.17, 15) is 18.0 Å². The molecule has 1 aliphatic heterocycles. The summed E-state index contributed by atoms with van der Waals surface area (Å²) in [6.45, 7) is 0. The lowest BCUT2D eigenvalue weighted by atomic mass is 10.2. The predicted octanol–water partition coefficient (Wildman–Crippen LogP) is 2.66. The average Bonchev–Trinajstić information content (AvgIpc) is 2.67. The molecule has 5 N–H and O–H groups in total. The summed E-state index contributed by atoms with van der Waals surface area (Å²) in [4.78, 5) is 23.0. The van der Waals surface area contributed by atoms with Crippen molar-refractivity contribution in [2.75, 3.05) is 21.1 Å². The molecular weight excluding hydrogens is 403 g/mol. The van der Waals surface area contributed by atoms with Gasteiger partial charge in [-0.1, -0.05) is 23.2 Å². The van der Waals surface area contributed by atoms with Gasteiger partial charge in [-0.15, -0.1) is 0 Å². The Hall–Kier alpha value is -2.49. The number of rotatable bonds is 3. The van der Waals surface area contributed by atoms with E-state index in [0.717, 1.165) is 0 Å². The summed E-state index contributed by atoms with van der Waals surface area (Å²) in [6.07, 6.45) is -0.350. The fourth-order valence-electron chi connectivity index (χ4n) is 2.29. The highest BCUT2D eigenvalue weighted by atomic mass is 35.5. The minimum Gasteiger partial charge on any atom is -0.396 e. The van der Waals surface area contributed by atoms with Crippen LogP contribution in [0.3, 0.4) is 0 Å². The molecule has 0 spiro atoms. The van der Waals surface area contributed by atoms with Gasteiger partial charge in [0.05, 0.1) is 37.7 Å². The Kier molecular flexibility index (Phi) is 4.70. The van der Waals surface area contributed by atoms with Crippen molar-refractivity contribution in [3.63, 3.8) is 0 Å². The van der Waals surface area contributed by atoms with Crippen LogP contribution < -0.4 is 21.1 Å². The molecule has 1 heterocycles. The molecule has 1 aliphatic rings. The molecule has 26 heavy (non-hydrogen) atoms. The highest BCUT2D eigenvalue weighted by Gasteiger charge is 2.22. The van der Waals surface area contributed by atoms with Crippen LogP contribution >= 0.6 is 23.2 Å². The Balaban J connectivity index is 1.95. The summed E-state index contributed by atoms with van der Waals surface area (Å²) >= 11 is 11.8. The van der Waals surface area contributed by atoms with Gasteiger partial charge in [-0.2, -0.15) is 0 Å². The molecule has 0 fully saturated rings. The summed E-state index contributed by atoms with van der Waals surface area (Å²) in [5.74, 6) is -1.03. The van der Waals surface area contributed by atoms with Gasteiger partial charge in [0.1, 0.15) is 6.42 Å². The Labute approximate surface area is 158 Å². The summed E-state index contributed by atoms with van der Waals surface area (Å²) in [6, 6.07) is 6.56. The van der Waals surface area contributed by atoms with Gasteiger partial charge in [-0.3, -0.25) is 14.3 Å². The normalized spacial score (nSPS) is 14.1. The zero-order valence-electron chi connectivity index (χ0n) is 13.0. The van der Waals surface area contributed by atoms with Crippen LogP contribution in [0.25, 0.3) is 0 Å². The first-order chi connectivity index (χ1) is 12.2. The smallest absolute Gasteiger partial charge is 0.261 e. The Morgan fingerprint density at radius 2 is 1.54 bits per heavy atom. The van der Waals surface area contributed by atoms with Crippen LogP contribution in [-0.2, 0) is 19.6 Å². The third kappa shape index (κ3) is 3.69. The second-order valence-corrected chi connectivity index (χ2v) is 7.94. The topological polar surface area (TPSA) is 130 Å². The van der Waals surface area contributed by atoms with Crippen molar-refractivity contribution in [1.29, 1.82) is 0 Å². The van der Waals surface area contributed by atoms with Crippen molar-refractivity contribution in [1.82, 2.24) is 0 Å². The van der Waals surface area contributed by atoms with E-state index in [1.807, 2.05) is 0 Å². The van der Waals surface area contributed by atoms with E-state index in [2.05, 4.69) is 15.4 Å². The maximum atomic E-state index is 12.6. The van der Waals surface area contributed by atoms with E-state index in [1.165, 1.54) is 30.3 Å².